The molecule has 0 aromatic carbocycles. The summed E-state index contributed by atoms with van der Waals surface area (Å²) < 4.78 is 42.0. The van der Waals surface area contributed by atoms with Gasteiger partial charge in [0.15, 0.2) is 0 Å². The molecule has 0 fully saturated rings. The fraction of sp³-hybridized carbons (Fsp3) is 0.909. The number of hydrogen-bond donors (Lipinski definition) is 0. The van der Waals surface area contributed by atoms with E-state index in [2.05, 4.69) is 0 Å². The second-order valence-electron chi connectivity index (χ2n) is 3.77. The lowest BCUT2D eigenvalue weighted by molar-refractivity contribution is -0.161. The maximum Gasteiger partial charge on any atom is 0.406 e. The monoisotopic (exact) mass is 289 g/mol. The molecule has 108 valence electrons. The summed E-state index contributed by atoms with van der Waals surface area (Å²) >= 11 is 5.42. The van der Waals surface area contributed by atoms with Crippen LogP contribution in [0.5, 0.6) is 0 Å². The molecule has 0 aromatic rings. The molecule has 0 radical (unpaired) electrons. The molecule has 0 saturated carbocycles. The molecule has 0 unspecified atom stereocenters. The number of amides is 1. The van der Waals surface area contributed by atoms with Crippen molar-refractivity contribution in [2.24, 2.45) is 0 Å². The van der Waals surface area contributed by atoms with Gasteiger partial charge >= 0.3 is 6.18 Å². The Morgan fingerprint density at radius 2 is 2.00 bits per heavy atom. The second kappa shape index (κ2) is 9.44. The molecular formula is C11H19ClF3NO2. The third kappa shape index (κ3) is 9.53. The van der Waals surface area contributed by atoms with Gasteiger partial charge in [0.25, 0.3) is 0 Å². The van der Waals surface area contributed by atoms with Crippen molar-refractivity contribution in [1.29, 1.82) is 0 Å². The highest BCUT2D eigenvalue weighted by Gasteiger charge is 2.32. The molecule has 3 nitrogen and oxygen atoms in total. The molecule has 0 aliphatic rings. The number of carbonyl (C=O) groups excluding carboxylic acids is 1. The molecule has 0 N–H and O–H groups in total. The van der Waals surface area contributed by atoms with Crippen molar-refractivity contribution in [3.05, 3.63) is 0 Å². The van der Waals surface area contributed by atoms with Crippen LogP contribution in [0.15, 0.2) is 0 Å². The minimum atomic E-state index is -4.37. The van der Waals surface area contributed by atoms with E-state index >= 15 is 0 Å². The summed E-state index contributed by atoms with van der Waals surface area (Å²) in [6.07, 6.45) is -3.53. The summed E-state index contributed by atoms with van der Waals surface area (Å²) in [5, 5.41) is 0. The summed E-state index contributed by atoms with van der Waals surface area (Å²) in [4.78, 5) is 12.4. The van der Waals surface area contributed by atoms with Gasteiger partial charge in [0, 0.05) is 32.1 Å². The summed E-state index contributed by atoms with van der Waals surface area (Å²) in [6, 6.07) is 0. The van der Waals surface area contributed by atoms with Crippen LogP contribution in [0.3, 0.4) is 0 Å². The van der Waals surface area contributed by atoms with Crippen LogP contribution in [0.4, 0.5) is 13.2 Å². The number of nitrogens with zero attached hydrogens (tertiary/aromatic N) is 1. The SMILES string of the molecule is CCOCCCN(CC(F)(F)F)C(=O)CCCCl. The molecule has 0 aliphatic heterocycles. The van der Waals surface area contributed by atoms with Crippen LogP contribution in [0.1, 0.15) is 26.2 Å². The molecular weight excluding hydrogens is 271 g/mol. The second-order valence-corrected chi connectivity index (χ2v) is 4.15. The lowest BCUT2D eigenvalue weighted by Gasteiger charge is -2.24. The average molecular weight is 290 g/mol. The first-order valence-electron chi connectivity index (χ1n) is 5.89. The number of alkyl halides is 4. The topological polar surface area (TPSA) is 29.5 Å². The van der Waals surface area contributed by atoms with Crippen molar-refractivity contribution in [2.75, 3.05) is 32.2 Å². The van der Waals surface area contributed by atoms with Gasteiger partial charge in [-0.15, -0.1) is 11.6 Å². The van der Waals surface area contributed by atoms with Crippen LogP contribution in [0, 0.1) is 0 Å². The Kier molecular flexibility index (Phi) is 9.18. The first-order chi connectivity index (χ1) is 8.40. The van der Waals surface area contributed by atoms with E-state index in [0.717, 1.165) is 4.90 Å². The van der Waals surface area contributed by atoms with Crippen molar-refractivity contribution in [3.8, 4) is 0 Å². The van der Waals surface area contributed by atoms with E-state index in [1.807, 2.05) is 0 Å². The zero-order valence-electron chi connectivity index (χ0n) is 10.4. The number of ether oxygens (including phenoxy) is 1. The van der Waals surface area contributed by atoms with Gasteiger partial charge in [-0.1, -0.05) is 0 Å². The third-order valence-electron chi connectivity index (χ3n) is 2.17. The van der Waals surface area contributed by atoms with Crippen molar-refractivity contribution in [1.82, 2.24) is 4.90 Å². The van der Waals surface area contributed by atoms with Crippen molar-refractivity contribution >= 4 is 17.5 Å². The van der Waals surface area contributed by atoms with Crippen LogP contribution in [-0.4, -0.2) is 49.2 Å². The van der Waals surface area contributed by atoms with E-state index in [9.17, 15) is 18.0 Å². The van der Waals surface area contributed by atoms with E-state index in [0.29, 0.717) is 26.1 Å². The summed E-state index contributed by atoms with van der Waals surface area (Å²) in [6.45, 7) is 1.52. The van der Waals surface area contributed by atoms with Crippen LogP contribution < -0.4 is 0 Å². The van der Waals surface area contributed by atoms with Crippen LogP contribution in [0.2, 0.25) is 0 Å². The Bertz CT molecular complexity index is 237. The normalized spacial score (nSPS) is 11.6. The molecule has 7 heteroatoms. The summed E-state index contributed by atoms with van der Waals surface area (Å²) in [5.74, 6) is -0.241. The molecule has 0 aromatic heterocycles. The molecule has 0 rings (SSSR count). The smallest absolute Gasteiger partial charge is 0.382 e. The minimum absolute atomic E-state index is 0.0498. The van der Waals surface area contributed by atoms with Gasteiger partial charge in [0.2, 0.25) is 5.91 Å². The number of halogens is 4. The first kappa shape index (κ1) is 17.5. The average Bonchev–Trinajstić information content (AvgIpc) is 2.28. The fourth-order valence-electron chi connectivity index (χ4n) is 1.39. The van der Waals surface area contributed by atoms with Crippen molar-refractivity contribution < 1.29 is 22.7 Å². The number of rotatable bonds is 9. The highest BCUT2D eigenvalue weighted by Crippen LogP contribution is 2.17. The first-order valence-corrected chi connectivity index (χ1v) is 6.42. The zero-order chi connectivity index (χ0) is 14.0. The van der Waals surface area contributed by atoms with Gasteiger partial charge in [0.1, 0.15) is 6.54 Å². The molecule has 18 heavy (non-hydrogen) atoms. The third-order valence-corrected chi connectivity index (χ3v) is 2.44. The van der Waals surface area contributed by atoms with Gasteiger partial charge in [-0.05, 0) is 19.8 Å². The Labute approximate surface area is 110 Å². The molecule has 1 amide bonds. The number of carbonyl (C=O) groups is 1. The Morgan fingerprint density at radius 1 is 1.33 bits per heavy atom. The lowest BCUT2D eigenvalue weighted by atomic mass is 10.2. The predicted octanol–water partition coefficient (Wildman–Crippen LogP) is 2.82. The largest absolute Gasteiger partial charge is 0.406 e. The summed E-state index contributed by atoms with van der Waals surface area (Å²) in [7, 11) is 0. The van der Waals surface area contributed by atoms with E-state index in [1.165, 1.54) is 0 Å². The number of hydrogen-bond acceptors (Lipinski definition) is 2. The van der Waals surface area contributed by atoms with E-state index in [4.69, 9.17) is 16.3 Å². The maximum absolute atomic E-state index is 12.3. The van der Waals surface area contributed by atoms with E-state index in [1.54, 1.807) is 6.92 Å². The highest BCUT2D eigenvalue weighted by atomic mass is 35.5. The van der Waals surface area contributed by atoms with Crippen LogP contribution in [0.25, 0.3) is 0 Å². The van der Waals surface area contributed by atoms with Gasteiger partial charge in [-0.3, -0.25) is 4.79 Å². The molecule has 0 heterocycles. The van der Waals surface area contributed by atoms with Crippen LogP contribution in [-0.2, 0) is 9.53 Å². The van der Waals surface area contributed by atoms with Gasteiger partial charge in [0.05, 0.1) is 0 Å². The van der Waals surface area contributed by atoms with Crippen LogP contribution >= 0.6 is 11.6 Å². The lowest BCUT2D eigenvalue weighted by Crippen LogP contribution is -2.39. The molecule has 0 spiro atoms. The minimum Gasteiger partial charge on any atom is -0.382 e. The summed E-state index contributed by atoms with van der Waals surface area (Å²) in [5.41, 5.74) is 0. The maximum atomic E-state index is 12.3. The molecule has 0 saturated heterocycles. The predicted molar refractivity (Wildman–Crippen MR) is 63.7 cm³/mol. The van der Waals surface area contributed by atoms with Crippen molar-refractivity contribution in [2.45, 2.75) is 32.4 Å². The quantitative estimate of drug-likeness (QED) is 0.482. The highest BCUT2D eigenvalue weighted by molar-refractivity contribution is 6.17. The zero-order valence-corrected chi connectivity index (χ0v) is 11.2. The van der Waals surface area contributed by atoms with E-state index in [-0.39, 0.29) is 18.8 Å². The fourth-order valence-corrected chi connectivity index (χ4v) is 1.52. The molecule has 0 aliphatic carbocycles. The van der Waals surface area contributed by atoms with E-state index < -0.39 is 18.6 Å². The molecule has 0 atom stereocenters. The Hall–Kier alpha value is -0.490. The van der Waals surface area contributed by atoms with Gasteiger partial charge in [-0.25, -0.2) is 0 Å². The van der Waals surface area contributed by atoms with Gasteiger partial charge in [-0.2, -0.15) is 13.2 Å². The standard InChI is InChI=1S/C11H19ClF3NO2/c1-2-18-8-4-7-16(9-11(13,14)15)10(17)5-3-6-12/h2-9H2,1H3. The van der Waals surface area contributed by atoms with Crippen molar-refractivity contribution in [3.63, 3.8) is 0 Å². The Morgan fingerprint density at radius 3 is 2.50 bits per heavy atom. The molecule has 0 bridgehead atoms. The Balaban J connectivity index is 4.19. The van der Waals surface area contributed by atoms with Gasteiger partial charge < -0.3 is 9.64 Å².